The quantitative estimate of drug-likeness (QED) is 0.795. The van der Waals surface area contributed by atoms with Crippen LogP contribution in [0.25, 0.3) is 6.08 Å². The average molecular weight is 385 g/mol. The molecule has 5 nitrogen and oxygen atoms in total. The van der Waals surface area contributed by atoms with Crippen LogP contribution in [-0.4, -0.2) is 32.1 Å². The molecule has 0 radical (unpaired) electrons. The molecule has 0 saturated carbocycles. The third kappa shape index (κ3) is 4.76. The molecule has 1 aliphatic heterocycles. The predicted molar refractivity (Wildman–Crippen MR) is 108 cm³/mol. The fourth-order valence-electron chi connectivity index (χ4n) is 3.07. The molecule has 0 unspecified atom stereocenters. The second-order valence-electron chi connectivity index (χ2n) is 6.27. The number of anilines is 2. The zero-order valence-corrected chi connectivity index (χ0v) is 15.8. The van der Waals surface area contributed by atoms with Crippen LogP contribution in [0, 0.1) is 0 Å². The van der Waals surface area contributed by atoms with Crippen molar-refractivity contribution in [3.63, 3.8) is 0 Å². The second-order valence-corrected chi connectivity index (χ2v) is 6.68. The standard InChI is InChI=1S/C21H21ClN2O3/c1-27-14-21(26)24-12-4-6-16-8-10-17(13-19(16)24)23-20(25)11-9-15-5-2-3-7-18(15)22/h2-3,5,7-11,13H,4,6,12,14H2,1H3,(H,23,25)/b11-9+. The van der Waals surface area contributed by atoms with E-state index in [2.05, 4.69) is 5.32 Å². The number of nitrogens with zero attached hydrogens (tertiary/aromatic N) is 1. The number of hydrogen-bond acceptors (Lipinski definition) is 3. The Morgan fingerprint density at radius 2 is 2.07 bits per heavy atom. The Morgan fingerprint density at radius 1 is 1.26 bits per heavy atom. The number of ether oxygens (including phenoxy) is 1. The summed E-state index contributed by atoms with van der Waals surface area (Å²) in [6.07, 6.45) is 4.93. The molecule has 0 aliphatic carbocycles. The highest BCUT2D eigenvalue weighted by molar-refractivity contribution is 6.32. The van der Waals surface area contributed by atoms with Crippen LogP contribution in [0.15, 0.2) is 48.5 Å². The maximum absolute atomic E-state index is 12.3. The van der Waals surface area contributed by atoms with E-state index in [9.17, 15) is 9.59 Å². The SMILES string of the molecule is COCC(=O)N1CCCc2ccc(NC(=O)/C=C/c3ccccc3Cl)cc21. The summed E-state index contributed by atoms with van der Waals surface area (Å²) < 4.78 is 4.97. The van der Waals surface area contributed by atoms with Gasteiger partial charge in [0.15, 0.2) is 0 Å². The van der Waals surface area contributed by atoms with Crippen molar-refractivity contribution in [2.75, 3.05) is 30.5 Å². The lowest BCUT2D eigenvalue weighted by Gasteiger charge is -2.29. The summed E-state index contributed by atoms with van der Waals surface area (Å²) >= 11 is 6.09. The summed E-state index contributed by atoms with van der Waals surface area (Å²) in [6, 6.07) is 12.9. The van der Waals surface area contributed by atoms with Crippen molar-refractivity contribution in [2.24, 2.45) is 0 Å². The molecule has 2 aromatic carbocycles. The van der Waals surface area contributed by atoms with Gasteiger partial charge in [0.05, 0.1) is 0 Å². The van der Waals surface area contributed by atoms with Gasteiger partial charge in [-0.3, -0.25) is 9.59 Å². The minimum absolute atomic E-state index is 0.0383. The zero-order valence-electron chi connectivity index (χ0n) is 15.1. The monoisotopic (exact) mass is 384 g/mol. The smallest absolute Gasteiger partial charge is 0.252 e. The molecule has 0 saturated heterocycles. The number of amides is 2. The van der Waals surface area contributed by atoms with E-state index in [0.717, 1.165) is 29.7 Å². The molecule has 0 spiro atoms. The van der Waals surface area contributed by atoms with Crippen molar-refractivity contribution in [3.8, 4) is 0 Å². The van der Waals surface area contributed by atoms with E-state index >= 15 is 0 Å². The average Bonchev–Trinajstić information content (AvgIpc) is 2.67. The number of rotatable bonds is 5. The molecular formula is C21H21ClN2O3. The van der Waals surface area contributed by atoms with Gasteiger partial charge in [0, 0.05) is 36.1 Å². The van der Waals surface area contributed by atoms with Gasteiger partial charge in [0.2, 0.25) is 5.91 Å². The Hall–Kier alpha value is -2.63. The lowest BCUT2D eigenvalue weighted by atomic mass is 10.0. The highest BCUT2D eigenvalue weighted by atomic mass is 35.5. The molecule has 0 atom stereocenters. The van der Waals surface area contributed by atoms with Crippen LogP contribution in [0.5, 0.6) is 0 Å². The Balaban J connectivity index is 1.74. The van der Waals surface area contributed by atoms with Gasteiger partial charge in [-0.1, -0.05) is 35.9 Å². The first-order valence-corrected chi connectivity index (χ1v) is 9.12. The van der Waals surface area contributed by atoms with Gasteiger partial charge in [-0.2, -0.15) is 0 Å². The molecule has 0 fully saturated rings. The first-order chi connectivity index (χ1) is 13.1. The number of carbonyl (C=O) groups is 2. The first kappa shape index (κ1) is 19.1. The molecule has 0 aromatic heterocycles. The maximum atomic E-state index is 12.3. The molecular weight excluding hydrogens is 364 g/mol. The van der Waals surface area contributed by atoms with Gasteiger partial charge in [-0.05, 0) is 48.2 Å². The normalized spacial score (nSPS) is 13.5. The lowest BCUT2D eigenvalue weighted by molar-refractivity contribution is -0.122. The highest BCUT2D eigenvalue weighted by Crippen LogP contribution is 2.30. The van der Waals surface area contributed by atoms with Crippen molar-refractivity contribution >= 4 is 40.9 Å². The van der Waals surface area contributed by atoms with Gasteiger partial charge in [0.25, 0.3) is 5.91 Å². The van der Waals surface area contributed by atoms with E-state index in [1.165, 1.54) is 13.2 Å². The van der Waals surface area contributed by atoms with Crippen LogP contribution in [0.3, 0.4) is 0 Å². The van der Waals surface area contributed by atoms with Crippen molar-refractivity contribution in [1.29, 1.82) is 0 Å². The topological polar surface area (TPSA) is 58.6 Å². The van der Waals surface area contributed by atoms with E-state index in [1.807, 2.05) is 36.4 Å². The Morgan fingerprint density at radius 3 is 2.85 bits per heavy atom. The number of halogens is 1. The fourth-order valence-corrected chi connectivity index (χ4v) is 3.27. The minimum Gasteiger partial charge on any atom is -0.375 e. The van der Waals surface area contributed by atoms with Gasteiger partial charge in [0.1, 0.15) is 6.61 Å². The van der Waals surface area contributed by atoms with Gasteiger partial charge >= 0.3 is 0 Å². The van der Waals surface area contributed by atoms with Crippen LogP contribution in [-0.2, 0) is 20.7 Å². The summed E-state index contributed by atoms with van der Waals surface area (Å²) in [5.74, 6) is -0.346. The van der Waals surface area contributed by atoms with E-state index in [1.54, 1.807) is 17.0 Å². The summed E-state index contributed by atoms with van der Waals surface area (Å²) in [4.78, 5) is 26.2. The van der Waals surface area contributed by atoms with Crippen LogP contribution in [0.4, 0.5) is 11.4 Å². The predicted octanol–water partition coefficient (Wildman–Crippen LogP) is 3.92. The van der Waals surface area contributed by atoms with Gasteiger partial charge in [-0.25, -0.2) is 0 Å². The summed E-state index contributed by atoms with van der Waals surface area (Å²) in [7, 11) is 1.50. The molecule has 2 aromatic rings. The number of fused-ring (bicyclic) bond motifs is 1. The fraction of sp³-hybridized carbons (Fsp3) is 0.238. The highest BCUT2D eigenvalue weighted by Gasteiger charge is 2.22. The minimum atomic E-state index is -0.263. The Bertz CT molecular complexity index is 879. The van der Waals surface area contributed by atoms with E-state index in [4.69, 9.17) is 16.3 Å². The van der Waals surface area contributed by atoms with Crippen LogP contribution < -0.4 is 10.2 Å². The van der Waals surface area contributed by atoms with E-state index in [0.29, 0.717) is 17.3 Å². The number of benzene rings is 2. The molecule has 140 valence electrons. The summed E-state index contributed by atoms with van der Waals surface area (Å²) in [6.45, 7) is 0.690. The number of hydrogen-bond donors (Lipinski definition) is 1. The zero-order chi connectivity index (χ0) is 19.2. The number of carbonyl (C=O) groups excluding carboxylic acids is 2. The van der Waals surface area contributed by atoms with Crippen LogP contribution >= 0.6 is 11.6 Å². The molecule has 6 heteroatoms. The van der Waals surface area contributed by atoms with Crippen molar-refractivity contribution in [3.05, 3.63) is 64.7 Å². The molecule has 1 aliphatic rings. The summed E-state index contributed by atoms with van der Waals surface area (Å²) in [5, 5.41) is 3.42. The Kier molecular flexibility index (Phi) is 6.27. The van der Waals surface area contributed by atoms with Crippen LogP contribution in [0.1, 0.15) is 17.5 Å². The third-order valence-electron chi connectivity index (χ3n) is 4.36. The number of aryl methyl sites for hydroxylation is 1. The third-order valence-corrected chi connectivity index (χ3v) is 4.70. The molecule has 27 heavy (non-hydrogen) atoms. The molecule has 1 heterocycles. The molecule has 1 N–H and O–H groups in total. The first-order valence-electron chi connectivity index (χ1n) is 8.74. The Labute approximate surface area is 163 Å². The van der Waals surface area contributed by atoms with Crippen molar-refractivity contribution in [2.45, 2.75) is 12.8 Å². The lowest BCUT2D eigenvalue weighted by Crippen LogP contribution is -2.37. The van der Waals surface area contributed by atoms with E-state index < -0.39 is 0 Å². The molecule has 2 amide bonds. The van der Waals surface area contributed by atoms with Crippen molar-refractivity contribution in [1.82, 2.24) is 0 Å². The number of nitrogens with one attached hydrogen (secondary N) is 1. The van der Waals surface area contributed by atoms with Crippen LogP contribution in [0.2, 0.25) is 5.02 Å². The van der Waals surface area contributed by atoms with Gasteiger partial charge < -0.3 is 15.0 Å². The summed E-state index contributed by atoms with van der Waals surface area (Å²) in [5.41, 5.74) is 3.34. The molecule has 0 bridgehead atoms. The van der Waals surface area contributed by atoms with Crippen molar-refractivity contribution < 1.29 is 14.3 Å². The van der Waals surface area contributed by atoms with Gasteiger partial charge in [-0.15, -0.1) is 0 Å². The molecule has 3 rings (SSSR count). The second kappa shape index (κ2) is 8.84. The number of methoxy groups -OCH3 is 1. The maximum Gasteiger partial charge on any atom is 0.252 e. The van der Waals surface area contributed by atoms with E-state index in [-0.39, 0.29) is 18.4 Å². The largest absolute Gasteiger partial charge is 0.375 e.